The average Bonchev–Trinajstić information content (AvgIpc) is 2.71. The summed E-state index contributed by atoms with van der Waals surface area (Å²) in [6, 6.07) is 6.56. The second-order valence-electron chi connectivity index (χ2n) is 6.26. The molecule has 2 aromatic carbocycles. The van der Waals surface area contributed by atoms with Crippen molar-refractivity contribution < 1.29 is 27.5 Å². The maximum Gasteiger partial charge on any atom is 0.416 e. The van der Waals surface area contributed by atoms with Crippen molar-refractivity contribution in [1.82, 2.24) is 15.3 Å². The monoisotopic (exact) mass is 420 g/mol. The molecule has 1 amide bonds. The zero-order valence-electron chi connectivity index (χ0n) is 15.4. The summed E-state index contributed by atoms with van der Waals surface area (Å²) < 4.78 is 54.0. The molecule has 0 atom stereocenters. The first kappa shape index (κ1) is 21.2. The lowest BCUT2D eigenvalue weighted by Crippen LogP contribution is -2.27. The van der Waals surface area contributed by atoms with Gasteiger partial charge in [0.25, 0.3) is 5.91 Å². The molecule has 4 N–H and O–H groups in total. The number of amides is 1. The number of nitrogens with two attached hydrogens (primary N) is 1. The normalized spacial score (nSPS) is 11.4. The fraction of sp³-hybridized carbons (Fsp3) is 0.150. The van der Waals surface area contributed by atoms with Crippen molar-refractivity contribution in [3.63, 3.8) is 0 Å². The zero-order chi connectivity index (χ0) is 21.9. The van der Waals surface area contributed by atoms with Crippen LogP contribution < -0.4 is 11.1 Å². The SMILES string of the molecule is Nc1cnc(-c2ccc(-c3ccc(C(F)(F)F)cc3C(=O)NCCO)cc2F)cn1. The Labute approximate surface area is 168 Å². The second kappa shape index (κ2) is 8.46. The van der Waals surface area contributed by atoms with Gasteiger partial charge in [-0.15, -0.1) is 0 Å². The van der Waals surface area contributed by atoms with Crippen LogP contribution in [0.4, 0.5) is 23.4 Å². The lowest BCUT2D eigenvalue weighted by atomic mass is 9.95. The van der Waals surface area contributed by atoms with E-state index in [0.717, 1.165) is 18.2 Å². The first-order valence-electron chi connectivity index (χ1n) is 8.69. The number of anilines is 1. The van der Waals surface area contributed by atoms with Crippen molar-refractivity contribution in [2.75, 3.05) is 18.9 Å². The van der Waals surface area contributed by atoms with E-state index in [1.807, 2.05) is 0 Å². The molecule has 0 aliphatic heterocycles. The summed E-state index contributed by atoms with van der Waals surface area (Å²) in [4.78, 5) is 20.2. The van der Waals surface area contributed by atoms with E-state index in [1.165, 1.54) is 24.5 Å². The summed E-state index contributed by atoms with van der Waals surface area (Å²) in [6.45, 7) is -0.524. The van der Waals surface area contributed by atoms with Crippen molar-refractivity contribution in [3.8, 4) is 22.4 Å². The molecule has 1 heterocycles. The topological polar surface area (TPSA) is 101 Å². The van der Waals surface area contributed by atoms with Crippen molar-refractivity contribution >= 4 is 11.7 Å². The lowest BCUT2D eigenvalue weighted by Gasteiger charge is -2.14. The molecule has 1 aromatic heterocycles. The first-order chi connectivity index (χ1) is 14.2. The van der Waals surface area contributed by atoms with Gasteiger partial charge in [-0.1, -0.05) is 12.1 Å². The summed E-state index contributed by atoms with van der Waals surface area (Å²) in [7, 11) is 0. The van der Waals surface area contributed by atoms with Crippen molar-refractivity contribution in [3.05, 3.63) is 65.7 Å². The number of halogens is 4. The number of aromatic nitrogens is 2. The molecule has 0 bridgehead atoms. The zero-order valence-corrected chi connectivity index (χ0v) is 15.4. The highest BCUT2D eigenvalue weighted by molar-refractivity contribution is 6.01. The number of nitrogens with one attached hydrogen (secondary N) is 1. The van der Waals surface area contributed by atoms with Crippen LogP contribution in [0.25, 0.3) is 22.4 Å². The maximum atomic E-state index is 14.7. The van der Waals surface area contributed by atoms with E-state index in [4.69, 9.17) is 10.8 Å². The lowest BCUT2D eigenvalue weighted by molar-refractivity contribution is -0.137. The van der Waals surface area contributed by atoms with Crippen LogP contribution in [0, 0.1) is 5.82 Å². The molecular formula is C20H16F4N4O2. The fourth-order valence-electron chi connectivity index (χ4n) is 2.79. The van der Waals surface area contributed by atoms with E-state index in [-0.39, 0.29) is 46.9 Å². The summed E-state index contributed by atoms with van der Waals surface area (Å²) in [5.74, 6) is -1.36. The molecule has 30 heavy (non-hydrogen) atoms. The summed E-state index contributed by atoms with van der Waals surface area (Å²) in [6.07, 6.45) is -2.10. The molecular weight excluding hydrogens is 404 g/mol. The largest absolute Gasteiger partial charge is 0.416 e. The van der Waals surface area contributed by atoms with E-state index >= 15 is 0 Å². The minimum Gasteiger partial charge on any atom is -0.395 e. The molecule has 0 saturated heterocycles. The molecule has 0 aliphatic rings. The Hall–Kier alpha value is -3.53. The van der Waals surface area contributed by atoms with E-state index in [2.05, 4.69) is 15.3 Å². The molecule has 3 rings (SSSR count). The van der Waals surface area contributed by atoms with Gasteiger partial charge in [0.1, 0.15) is 11.6 Å². The summed E-state index contributed by atoms with van der Waals surface area (Å²) in [5.41, 5.74) is 4.79. The van der Waals surface area contributed by atoms with Gasteiger partial charge in [-0.25, -0.2) is 9.37 Å². The van der Waals surface area contributed by atoms with Crippen LogP contribution in [0.5, 0.6) is 0 Å². The van der Waals surface area contributed by atoms with Crippen LogP contribution in [-0.2, 0) is 6.18 Å². The predicted octanol–water partition coefficient (Wildman–Crippen LogP) is 3.27. The third-order valence-corrected chi connectivity index (χ3v) is 4.22. The molecule has 0 aliphatic carbocycles. The summed E-state index contributed by atoms with van der Waals surface area (Å²) in [5, 5.41) is 11.2. The highest BCUT2D eigenvalue weighted by Gasteiger charge is 2.32. The molecule has 156 valence electrons. The highest BCUT2D eigenvalue weighted by atomic mass is 19.4. The Kier molecular flexibility index (Phi) is 5.97. The predicted molar refractivity (Wildman–Crippen MR) is 102 cm³/mol. The molecule has 0 unspecified atom stereocenters. The number of carbonyl (C=O) groups excluding carboxylic acids is 1. The fourth-order valence-corrected chi connectivity index (χ4v) is 2.79. The van der Waals surface area contributed by atoms with Crippen LogP contribution in [0.1, 0.15) is 15.9 Å². The Morgan fingerprint density at radius 1 is 1.07 bits per heavy atom. The molecule has 6 nitrogen and oxygen atoms in total. The van der Waals surface area contributed by atoms with E-state index in [9.17, 15) is 22.4 Å². The number of aliphatic hydroxyl groups excluding tert-OH is 1. The smallest absolute Gasteiger partial charge is 0.395 e. The molecule has 0 saturated carbocycles. The standard InChI is InChI=1S/C20H16F4N4O2/c21-16-7-11(1-3-14(16)17-9-28-18(25)10-27-17)13-4-2-12(20(22,23)24)8-15(13)19(30)26-5-6-29/h1-4,7-10,29H,5-6H2,(H2,25,28)(H,26,30). The van der Waals surface area contributed by atoms with Gasteiger partial charge < -0.3 is 16.2 Å². The number of nitrogen functional groups attached to an aromatic ring is 1. The second-order valence-corrected chi connectivity index (χ2v) is 6.26. The number of carbonyl (C=O) groups is 1. The van der Waals surface area contributed by atoms with E-state index in [1.54, 1.807) is 0 Å². The molecule has 3 aromatic rings. The number of rotatable bonds is 5. The van der Waals surface area contributed by atoms with Crippen LogP contribution in [0.3, 0.4) is 0 Å². The average molecular weight is 420 g/mol. The van der Waals surface area contributed by atoms with Gasteiger partial charge in [-0.05, 0) is 35.4 Å². The molecule has 0 radical (unpaired) electrons. The maximum absolute atomic E-state index is 14.7. The summed E-state index contributed by atoms with van der Waals surface area (Å²) >= 11 is 0. The van der Waals surface area contributed by atoms with Gasteiger partial charge in [0.2, 0.25) is 0 Å². The molecule has 0 fully saturated rings. The number of hydrogen-bond acceptors (Lipinski definition) is 5. The van der Waals surface area contributed by atoms with Crippen molar-refractivity contribution in [2.45, 2.75) is 6.18 Å². The minimum absolute atomic E-state index is 0.104. The molecule has 10 heteroatoms. The van der Waals surface area contributed by atoms with Crippen molar-refractivity contribution in [2.24, 2.45) is 0 Å². The number of aliphatic hydroxyl groups is 1. The Morgan fingerprint density at radius 2 is 1.80 bits per heavy atom. The number of alkyl halides is 3. The van der Waals surface area contributed by atoms with E-state index in [0.29, 0.717) is 6.07 Å². The third kappa shape index (κ3) is 4.54. The number of hydrogen-bond donors (Lipinski definition) is 3. The van der Waals surface area contributed by atoms with Crippen LogP contribution in [-0.4, -0.2) is 34.1 Å². The van der Waals surface area contributed by atoms with Gasteiger partial charge in [-0.2, -0.15) is 13.2 Å². The first-order valence-corrected chi connectivity index (χ1v) is 8.69. The van der Waals surface area contributed by atoms with Crippen molar-refractivity contribution in [1.29, 1.82) is 0 Å². The number of nitrogens with zero attached hydrogens (tertiary/aromatic N) is 2. The van der Waals surface area contributed by atoms with Gasteiger partial charge in [-0.3, -0.25) is 9.78 Å². The highest BCUT2D eigenvalue weighted by Crippen LogP contribution is 2.34. The van der Waals surface area contributed by atoms with Crippen LogP contribution >= 0.6 is 0 Å². The Bertz CT molecular complexity index is 1070. The third-order valence-electron chi connectivity index (χ3n) is 4.22. The van der Waals surface area contributed by atoms with Gasteiger partial charge in [0, 0.05) is 17.7 Å². The van der Waals surface area contributed by atoms with Crippen LogP contribution in [0.15, 0.2) is 48.8 Å². The Balaban J connectivity index is 2.06. The number of benzene rings is 2. The quantitative estimate of drug-likeness (QED) is 0.550. The minimum atomic E-state index is -4.66. The van der Waals surface area contributed by atoms with Gasteiger partial charge in [0.05, 0.1) is 30.3 Å². The van der Waals surface area contributed by atoms with Gasteiger partial charge in [0.15, 0.2) is 0 Å². The molecule has 0 spiro atoms. The Morgan fingerprint density at radius 3 is 2.40 bits per heavy atom. The van der Waals surface area contributed by atoms with E-state index < -0.39 is 23.5 Å². The van der Waals surface area contributed by atoms with Gasteiger partial charge >= 0.3 is 6.18 Å². The van der Waals surface area contributed by atoms with Crippen LogP contribution in [0.2, 0.25) is 0 Å².